The van der Waals surface area contributed by atoms with Gasteiger partial charge in [0.15, 0.2) is 11.6 Å². The van der Waals surface area contributed by atoms with Crippen LogP contribution in [0.4, 0.5) is 21.8 Å². The minimum Gasteiger partial charge on any atom is -0.493 e. The first-order valence-corrected chi connectivity index (χ1v) is 11.7. The van der Waals surface area contributed by atoms with Gasteiger partial charge in [-0.1, -0.05) is 12.2 Å². The van der Waals surface area contributed by atoms with Gasteiger partial charge in [0.1, 0.15) is 5.75 Å². The number of aliphatic carboxylic acids is 2. The summed E-state index contributed by atoms with van der Waals surface area (Å²) < 4.78 is 19.9. The maximum atomic E-state index is 14.4. The number of carboxylic acids is 2. The summed E-state index contributed by atoms with van der Waals surface area (Å²) in [6, 6.07) is 5.14. The highest BCUT2D eigenvalue weighted by Gasteiger charge is 2.20. The van der Waals surface area contributed by atoms with E-state index < -0.39 is 29.4 Å². The molecule has 1 atom stereocenters. The van der Waals surface area contributed by atoms with E-state index in [-0.39, 0.29) is 29.1 Å². The number of benzene rings is 1. The van der Waals surface area contributed by atoms with Crippen LogP contribution < -0.4 is 26.4 Å². The summed E-state index contributed by atoms with van der Waals surface area (Å²) in [6.07, 6.45) is 8.65. The Bertz CT molecular complexity index is 1440. The number of nitrogens with one attached hydrogen (secondary N) is 3. The molecule has 2 aromatic rings. The van der Waals surface area contributed by atoms with Gasteiger partial charge in [-0.05, 0) is 24.3 Å². The van der Waals surface area contributed by atoms with Gasteiger partial charge in [-0.3, -0.25) is 9.59 Å². The van der Waals surface area contributed by atoms with Gasteiger partial charge in [-0.15, -0.1) is 0 Å². The Morgan fingerprint density at radius 3 is 2.58 bits per heavy atom. The summed E-state index contributed by atoms with van der Waals surface area (Å²) >= 11 is 0. The average Bonchev–Trinajstić information content (AvgIpc) is 2.92. The van der Waals surface area contributed by atoms with Crippen molar-refractivity contribution >= 4 is 41.1 Å². The minimum atomic E-state index is -1.26. The molecule has 1 aliphatic carbocycles. The molecule has 1 amide bonds. The normalized spacial score (nSPS) is 16.7. The Balaban J connectivity index is 0.000000482. The van der Waals surface area contributed by atoms with Crippen LogP contribution in [0.15, 0.2) is 72.1 Å². The quantitative estimate of drug-likeness (QED) is 0.273. The SMILES string of the molecule is CNC(=O)C=C1C=CC=C(Nc2ncc(F)c(Nc3ccc4c(c3)C(N)CCO4)n2)C1=O.O=C(O)/C=C/C(=O)O. The van der Waals surface area contributed by atoms with Crippen LogP contribution in [0, 0.1) is 5.82 Å². The number of carbonyl (C=O) groups excluding carboxylic acids is 2. The summed E-state index contributed by atoms with van der Waals surface area (Å²) in [7, 11) is 1.47. The Hall–Kier alpha value is -5.37. The molecule has 0 saturated heterocycles. The third-order valence-electron chi connectivity index (χ3n) is 5.30. The number of hydrogen-bond donors (Lipinski definition) is 6. The number of likely N-dealkylation sites (N-methyl/N-ethyl adjacent to an activating group) is 1. The molecule has 4 rings (SSSR count). The zero-order valence-corrected chi connectivity index (χ0v) is 21.1. The maximum Gasteiger partial charge on any atom is 0.328 e. The lowest BCUT2D eigenvalue weighted by molar-refractivity contribution is -0.134. The lowest BCUT2D eigenvalue weighted by atomic mass is 10.0. The number of nitrogens with zero attached hydrogens (tertiary/aromatic N) is 2. The molecular weight excluding hydrogens is 527 g/mol. The zero-order valence-electron chi connectivity index (χ0n) is 21.1. The molecule has 1 aromatic heterocycles. The van der Waals surface area contributed by atoms with E-state index in [1.807, 2.05) is 0 Å². The Morgan fingerprint density at radius 1 is 1.18 bits per heavy atom. The van der Waals surface area contributed by atoms with Crippen LogP contribution in [0.3, 0.4) is 0 Å². The molecule has 1 aliphatic heterocycles. The number of Topliss-reactive ketones (excluding diaryl/α,β-unsaturated/α-hetero) is 1. The molecule has 13 nitrogen and oxygen atoms in total. The van der Waals surface area contributed by atoms with E-state index in [9.17, 15) is 23.6 Å². The van der Waals surface area contributed by atoms with Crippen molar-refractivity contribution < 1.29 is 38.5 Å². The van der Waals surface area contributed by atoms with Crippen LogP contribution >= 0.6 is 0 Å². The predicted octanol–water partition coefficient (Wildman–Crippen LogP) is 1.96. The van der Waals surface area contributed by atoms with Gasteiger partial charge < -0.3 is 36.6 Å². The molecule has 0 saturated carbocycles. The molecule has 0 radical (unpaired) electrons. The van der Waals surface area contributed by atoms with Crippen LogP contribution in [0.25, 0.3) is 0 Å². The maximum absolute atomic E-state index is 14.4. The molecule has 0 bridgehead atoms. The predicted molar refractivity (Wildman–Crippen MR) is 141 cm³/mol. The van der Waals surface area contributed by atoms with Crippen molar-refractivity contribution in [2.24, 2.45) is 5.73 Å². The number of carboxylic acid groups (broad SMARTS) is 2. The number of allylic oxidation sites excluding steroid dienone is 4. The number of nitrogens with two attached hydrogens (primary N) is 1. The van der Waals surface area contributed by atoms with Crippen LogP contribution in [-0.2, 0) is 19.2 Å². The third kappa shape index (κ3) is 8.06. The van der Waals surface area contributed by atoms with Crippen molar-refractivity contribution in [1.82, 2.24) is 15.3 Å². The molecule has 0 spiro atoms. The van der Waals surface area contributed by atoms with E-state index in [0.29, 0.717) is 36.6 Å². The van der Waals surface area contributed by atoms with Crippen molar-refractivity contribution in [2.45, 2.75) is 12.5 Å². The molecule has 208 valence electrons. The number of amides is 1. The summed E-state index contributed by atoms with van der Waals surface area (Å²) in [6.45, 7) is 0.556. The van der Waals surface area contributed by atoms with Gasteiger partial charge in [-0.2, -0.15) is 4.98 Å². The van der Waals surface area contributed by atoms with Crippen LogP contribution in [0.1, 0.15) is 18.0 Å². The molecule has 7 N–H and O–H groups in total. The second-order valence-electron chi connectivity index (χ2n) is 8.13. The van der Waals surface area contributed by atoms with Crippen molar-refractivity contribution in [3.63, 3.8) is 0 Å². The van der Waals surface area contributed by atoms with Crippen molar-refractivity contribution in [2.75, 3.05) is 24.3 Å². The number of ketones is 1. The first-order valence-electron chi connectivity index (χ1n) is 11.7. The molecular formula is C26H25FN6O7. The summed E-state index contributed by atoms with van der Waals surface area (Å²) in [5, 5.41) is 23.7. The van der Waals surface area contributed by atoms with E-state index >= 15 is 0 Å². The van der Waals surface area contributed by atoms with E-state index in [4.69, 9.17) is 20.7 Å². The number of aromatic nitrogens is 2. The molecule has 1 aromatic carbocycles. The summed E-state index contributed by atoms with van der Waals surface area (Å²) in [4.78, 5) is 51.3. The molecule has 14 heteroatoms. The largest absolute Gasteiger partial charge is 0.493 e. The van der Waals surface area contributed by atoms with E-state index in [1.165, 1.54) is 25.3 Å². The Kier molecular flexibility index (Phi) is 9.80. The fourth-order valence-electron chi connectivity index (χ4n) is 3.39. The summed E-state index contributed by atoms with van der Waals surface area (Å²) in [5.74, 6) is -3.36. The average molecular weight is 553 g/mol. The van der Waals surface area contributed by atoms with Crippen LogP contribution in [-0.4, -0.2) is 57.5 Å². The lowest BCUT2D eigenvalue weighted by Gasteiger charge is -2.23. The minimum absolute atomic E-state index is 0.0149. The topological polar surface area (TPSA) is 206 Å². The first-order chi connectivity index (χ1) is 19.1. The molecule has 2 heterocycles. The highest BCUT2D eigenvalue weighted by atomic mass is 19.1. The lowest BCUT2D eigenvalue weighted by Crippen LogP contribution is -2.21. The fourth-order valence-corrected chi connectivity index (χ4v) is 3.39. The standard InChI is InChI=1S/C22H21FN6O3.C4H4O4/c1-25-19(30)9-12-3-2-4-17(20(12)31)28-22-26-11-15(23)21(29-22)27-13-5-6-18-14(10-13)16(24)7-8-32-18;5-3(6)1-2-4(7)8/h2-6,9-11,16H,7-8,24H2,1H3,(H,25,30)(H2,26,27,28,29);1-2H,(H,5,6)(H,7,8)/b;2-1+. The van der Waals surface area contributed by atoms with E-state index in [0.717, 1.165) is 11.8 Å². The molecule has 2 aliphatic rings. The number of halogens is 1. The second-order valence-corrected chi connectivity index (χ2v) is 8.13. The third-order valence-corrected chi connectivity index (χ3v) is 5.30. The molecule has 40 heavy (non-hydrogen) atoms. The first kappa shape index (κ1) is 29.2. The number of ether oxygens (including phenoxy) is 1. The van der Waals surface area contributed by atoms with E-state index in [2.05, 4.69) is 25.9 Å². The zero-order chi connectivity index (χ0) is 29.2. The second kappa shape index (κ2) is 13.4. The fraction of sp³-hybridized carbons (Fsp3) is 0.154. The van der Waals surface area contributed by atoms with Crippen LogP contribution in [0.5, 0.6) is 5.75 Å². The van der Waals surface area contributed by atoms with Gasteiger partial charge in [0.2, 0.25) is 17.6 Å². The monoisotopic (exact) mass is 552 g/mol. The number of rotatable bonds is 7. The van der Waals surface area contributed by atoms with Gasteiger partial charge in [-0.25, -0.2) is 19.0 Å². The number of hydrogen-bond acceptors (Lipinski definition) is 10. The van der Waals surface area contributed by atoms with Gasteiger partial charge in [0.05, 0.1) is 18.5 Å². The molecule has 0 fully saturated rings. The number of anilines is 3. The van der Waals surface area contributed by atoms with Gasteiger partial charge in [0.25, 0.3) is 0 Å². The smallest absolute Gasteiger partial charge is 0.328 e. The Labute approximate surface area is 227 Å². The number of carbonyl (C=O) groups is 4. The Morgan fingerprint density at radius 2 is 1.90 bits per heavy atom. The number of fused-ring (bicyclic) bond motifs is 1. The van der Waals surface area contributed by atoms with Crippen LogP contribution in [0.2, 0.25) is 0 Å². The highest BCUT2D eigenvalue weighted by Crippen LogP contribution is 2.33. The van der Waals surface area contributed by atoms with Crippen molar-refractivity contribution in [3.8, 4) is 5.75 Å². The highest BCUT2D eigenvalue weighted by molar-refractivity contribution is 6.15. The van der Waals surface area contributed by atoms with E-state index in [1.54, 1.807) is 24.3 Å². The van der Waals surface area contributed by atoms with Gasteiger partial charge >= 0.3 is 11.9 Å². The van der Waals surface area contributed by atoms with Crippen molar-refractivity contribution in [3.05, 3.63) is 83.5 Å². The van der Waals surface area contributed by atoms with Gasteiger partial charge in [0, 0.05) is 54.6 Å². The summed E-state index contributed by atoms with van der Waals surface area (Å²) in [5.41, 5.74) is 7.90. The molecule has 1 unspecified atom stereocenters. The van der Waals surface area contributed by atoms with Crippen molar-refractivity contribution in [1.29, 1.82) is 0 Å².